The number of hydrogen-bond donors (Lipinski definition) is 1. The van der Waals surface area contributed by atoms with E-state index in [-0.39, 0.29) is 11.9 Å². The lowest BCUT2D eigenvalue weighted by molar-refractivity contribution is 0.0940. The number of nitrogens with one attached hydrogen (secondary N) is 1. The number of rotatable bonds is 5. The van der Waals surface area contributed by atoms with Crippen LogP contribution in [0.3, 0.4) is 0 Å². The van der Waals surface area contributed by atoms with Crippen molar-refractivity contribution in [2.75, 3.05) is 0 Å². The van der Waals surface area contributed by atoms with E-state index in [2.05, 4.69) is 12.2 Å². The van der Waals surface area contributed by atoms with Crippen molar-refractivity contribution in [1.29, 1.82) is 0 Å². The molecule has 1 saturated carbocycles. The van der Waals surface area contributed by atoms with E-state index in [1.54, 1.807) is 0 Å². The van der Waals surface area contributed by atoms with Gasteiger partial charge in [0.2, 0.25) is 0 Å². The van der Waals surface area contributed by atoms with Crippen LogP contribution in [-0.2, 0) is 0 Å². The number of nitrogens with zero attached hydrogens (tertiary/aromatic N) is 1. The molecule has 0 radical (unpaired) electrons. The fourth-order valence-electron chi connectivity index (χ4n) is 2.96. The predicted octanol–water partition coefficient (Wildman–Crippen LogP) is 5.01. The standard InChI is InChI=1S/C21H20N2OS/c1-14(15-12-13-15)22-20(24)19-18(16-8-4-2-5-9-16)23-21(25-19)17-10-6-3-7-11-17/h2-11,14-15H,12-13H2,1H3,(H,22,24)/t14-/m1/s1. The molecule has 1 atom stereocenters. The Morgan fingerprint density at radius 1 is 1.04 bits per heavy atom. The van der Waals surface area contributed by atoms with Gasteiger partial charge >= 0.3 is 0 Å². The molecule has 0 bridgehead atoms. The van der Waals surface area contributed by atoms with E-state index in [4.69, 9.17) is 4.98 Å². The van der Waals surface area contributed by atoms with Crippen molar-refractivity contribution < 1.29 is 4.79 Å². The van der Waals surface area contributed by atoms with Crippen molar-refractivity contribution in [3.63, 3.8) is 0 Å². The monoisotopic (exact) mass is 348 g/mol. The molecule has 1 aliphatic carbocycles. The molecule has 25 heavy (non-hydrogen) atoms. The van der Waals surface area contributed by atoms with Crippen LogP contribution in [0.15, 0.2) is 60.7 Å². The van der Waals surface area contributed by atoms with E-state index in [1.165, 1.54) is 24.2 Å². The zero-order valence-electron chi connectivity index (χ0n) is 14.1. The van der Waals surface area contributed by atoms with Gasteiger partial charge in [-0.05, 0) is 25.7 Å². The molecule has 3 nitrogen and oxygen atoms in total. The SMILES string of the molecule is C[C@@H](NC(=O)c1sc(-c2ccccc2)nc1-c1ccccc1)C1CC1. The van der Waals surface area contributed by atoms with E-state index >= 15 is 0 Å². The minimum Gasteiger partial charge on any atom is -0.349 e. The number of hydrogen-bond acceptors (Lipinski definition) is 3. The Kier molecular flexibility index (Phi) is 4.36. The van der Waals surface area contributed by atoms with Gasteiger partial charge in [-0.1, -0.05) is 60.7 Å². The molecule has 4 heteroatoms. The number of aromatic nitrogens is 1. The average Bonchev–Trinajstić information content (AvgIpc) is 3.41. The van der Waals surface area contributed by atoms with Gasteiger partial charge in [0.1, 0.15) is 9.88 Å². The lowest BCUT2D eigenvalue weighted by atomic mass is 10.1. The Hall–Kier alpha value is -2.46. The fraction of sp³-hybridized carbons (Fsp3) is 0.238. The molecule has 1 aliphatic rings. The highest BCUT2D eigenvalue weighted by molar-refractivity contribution is 7.17. The van der Waals surface area contributed by atoms with E-state index in [9.17, 15) is 4.79 Å². The van der Waals surface area contributed by atoms with E-state index in [0.717, 1.165) is 21.8 Å². The maximum absolute atomic E-state index is 12.9. The molecule has 126 valence electrons. The van der Waals surface area contributed by atoms with Gasteiger partial charge in [0, 0.05) is 17.2 Å². The Morgan fingerprint density at radius 3 is 2.24 bits per heavy atom. The second-order valence-electron chi connectivity index (χ2n) is 6.53. The highest BCUT2D eigenvalue weighted by Crippen LogP contribution is 2.35. The van der Waals surface area contributed by atoms with Crippen LogP contribution in [0, 0.1) is 5.92 Å². The molecule has 1 aromatic heterocycles. The summed E-state index contributed by atoms with van der Waals surface area (Å²) < 4.78 is 0. The van der Waals surface area contributed by atoms with Gasteiger partial charge in [0.05, 0.1) is 5.69 Å². The predicted molar refractivity (Wildman–Crippen MR) is 103 cm³/mol. The summed E-state index contributed by atoms with van der Waals surface area (Å²) in [5.41, 5.74) is 2.79. The second-order valence-corrected chi connectivity index (χ2v) is 7.53. The first-order chi connectivity index (χ1) is 12.2. The molecule has 0 unspecified atom stereocenters. The fourth-order valence-corrected chi connectivity index (χ4v) is 3.95. The molecule has 1 fully saturated rings. The van der Waals surface area contributed by atoms with Crippen molar-refractivity contribution in [3.8, 4) is 21.8 Å². The summed E-state index contributed by atoms with van der Waals surface area (Å²) in [6, 6.07) is 20.2. The van der Waals surface area contributed by atoms with Crippen molar-refractivity contribution >= 4 is 17.2 Å². The minimum absolute atomic E-state index is 0.0158. The third-order valence-electron chi connectivity index (χ3n) is 4.59. The number of carbonyl (C=O) groups is 1. The van der Waals surface area contributed by atoms with Crippen LogP contribution in [-0.4, -0.2) is 16.9 Å². The summed E-state index contributed by atoms with van der Waals surface area (Å²) in [6.07, 6.45) is 2.43. The van der Waals surface area contributed by atoms with Gasteiger partial charge in [0.25, 0.3) is 5.91 Å². The molecule has 1 amide bonds. The summed E-state index contributed by atoms with van der Waals surface area (Å²) in [6.45, 7) is 2.09. The van der Waals surface area contributed by atoms with E-state index < -0.39 is 0 Å². The molecule has 0 spiro atoms. The molecule has 3 aromatic rings. The third kappa shape index (κ3) is 3.49. The number of benzene rings is 2. The van der Waals surface area contributed by atoms with Gasteiger partial charge < -0.3 is 5.32 Å². The second kappa shape index (κ2) is 6.81. The number of amides is 1. The highest BCUT2D eigenvalue weighted by Gasteiger charge is 2.30. The van der Waals surface area contributed by atoms with Crippen molar-refractivity contribution in [3.05, 3.63) is 65.5 Å². The molecular weight excluding hydrogens is 328 g/mol. The van der Waals surface area contributed by atoms with Crippen molar-refractivity contribution in [2.24, 2.45) is 5.92 Å². The summed E-state index contributed by atoms with van der Waals surface area (Å²) in [7, 11) is 0. The molecule has 0 saturated heterocycles. The lowest BCUT2D eigenvalue weighted by Crippen LogP contribution is -2.33. The van der Waals surface area contributed by atoms with Crippen LogP contribution < -0.4 is 5.32 Å². The normalized spacial score (nSPS) is 14.9. The Balaban J connectivity index is 1.72. The number of carbonyl (C=O) groups excluding carboxylic acids is 1. The summed E-state index contributed by atoms with van der Waals surface area (Å²) in [5, 5.41) is 4.04. The first-order valence-electron chi connectivity index (χ1n) is 8.65. The van der Waals surface area contributed by atoms with Gasteiger partial charge in [-0.25, -0.2) is 4.98 Å². The molecular formula is C21H20N2OS. The van der Waals surface area contributed by atoms with Gasteiger partial charge in [0.15, 0.2) is 0 Å². The van der Waals surface area contributed by atoms with Gasteiger partial charge in [-0.15, -0.1) is 11.3 Å². The maximum atomic E-state index is 12.9. The van der Waals surface area contributed by atoms with Crippen LogP contribution in [0.1, 0.15) is 29.4 Å². The lowest BCUT2D eigenvalue weighted by Gasteiger charge is -2.12. The van der Waals surface area contributed by atoms with Crippen LogP contribution in [0.5, 0.6) is 0 Å². The largest absolute Gasteiger partial charge is 0.349 e. The summed E-state index contributed by atoms with van der Waals surface area (Å²) in [5.74, 6) is 0.614. The first kappa shape index (κ1) is 16.0. The minimum atomic E-state index is -0.0158. The summed E-state index contributed by atoms with van der Waals surface area (Å²) in [4.78, 5) is 18.4. The Morgan fingerprint density at radius 2 is 1.64 bits per heavy atom. The van der Waals surface area contributed by atoms with Crippen LogP contribution in [0.2, 0.25) is 0 Å². The van der Waals surface area contributed by atoms with Crippen LogP contribution in [0.4, 0.5) is 0 Å². The highest BCUT2D eigenvalue weighted by atomic mass is 32.1. The molecule has 1 heterocycles. The van der Waals surface area contributed by atoms with Crippen LogP contribution in [0.25, 0.3) is 21.8 Å². The Labute approximate surface area is 151 Å². The van der Waals surface area contributed by atoms with Crippen molar-refractivity contribution in [2.45, 2.75) is 25.8 Å². The average molecular weight is 348 g/mol. The first-order valence-corrected chi connectivity index (χ1v) is 9.46. The topological polar surface area (TPSA) is 42.0 Å². The van der Waals surface area contributed by atoms with E-state index in [0.29, 0.717) is 10.8 Å². The van der Waals surface area contributed by atoms with Crippen molar-refractivity contribution in [1.82, 2.24) is 10.3 Å². The Bertz CT molecular complexity index is 869. The molecule has 0 aliphatic heterocycles. The third-order valence-corrected chi connectivity index (χ3v) is 5.69. The molecule has 2 aromatic carbocycles. The maximum Gasteiger partial charge on any atom is 0.263 e. The van der Waals surface area contributed by atoms with Gasteiger partial charge in [-0.2, -0.15) is 0 Å². The zero-order valence-corrected chi connectivity index (χ0v) is 14.9. The quantitative estimate of drug-likeness (QED) is 0.704. The molecule has 1 N–H and O–H groups in total. The van der Waals surface area contributed by atoms with E-state index in [1.807, 2.05) is 60.7 Å². The summed E-state index contributed by atoms with van der Waals surface area (Å²) >= 11 is 1.47. The zero-order chi connectivity index (χ0) is 17.2. The number of thiazole rings is 1. The molecule has 4 rings (SSSR count). The van der Waals surface area contributed by atoms with Crippen LogP contribution >= 0.6 is 11.3 Å². The van der Waals surface area contributed by atoms with Gasteiger partial charge in [-0.3, -0.25) is 4.79 Å². The smallest absolute Gasteiger partial charge is 0.263 e.